The molecule has 0 fully saturated rings. The Morgan fingerprint density at radius 3 is 1.52 bits per heavy atom. The molecule has 4 rings (SSSR count). The highest BCUT2D eigenvalue weighted by Crippen LogP contribution is 2.60. The van der Waals surface area contributed by atoms with E-state index in [0.29, 0.717) is 11.8 Å². The zero-order valence-corrected chi connectivity index (χ0v) is 16.4. The zero-order chi connectivity index (χ0) is 16.2. The van der Waals surface area contributed by atoms with Crippen molar-refractivity contribution >= 4 is 44.0 Å². The van der Waals surface area contributed by atoms with Crippen LogP contribution in [-0.2, 0) is 0 Å². The lowest BCUT2D eigenvalue weighted by atomic mass is 9.66. The Labute approximate surface area is 154 Å². The SMILES string of the molecule is CC(C)(C1C(Br)=Cc2ccccc21)C1C(Br)=Cc2ccccc21. The summed E-state index contributed by atoms with van der Waals surface area (Å²) in [4.78, 5) is 0. The van der Waals surface area contributed by atoms with Crippen LogP contribution in [0.4, 0.5) is 0 Å². The number of benzene rings is 2. The predicted molar refractivity (Wildman–Crippen MR) is 106 cm³/mol. The van der Waals surface area contributed by atoms with Crippen molar-refractivity contribution < 1.29 is 0 Å². The number of allylic oxidation sites excluding steroid dienone is 2. The van der Waals surface area contributed by atoms with Gasteiger partial charge in [-0.15, -0.1) is 0 Å². The molecule has 0 nitrogen and oxygen atoms in total. The van der Waals surface area contributed by atoms with Crippen LogP contribution in [0.1, 0.15) is 47.9 Å². The van der Waals surface area contributed by atoms with E-state index in [2.05, 4.69) is 106 Å². The second-order valence-corrected chi connectivity index (χ2v) is 8.84. The molecule has 2 aliphatic carbocycles. The minimum Gasteiger partial charge on any atom is -0.0619 e. The Balaban J connectivity index is 1.84. The van der Waals surface area contributed by atoms with Crippen LogP contribution in [0.15, 0.2) is 57.5 Å². The molecular formula is C21H18Br2. The molecule has 0 aliphatic heterocycles. The first-order valence-corrected chi connectivity index (χ1v) is 9.51. The number of hydrogen-bond donors (Lipinski definition) is 0. The van der Waals surface area contributed by atoms with E-state index < -0.39 is 0 Å². The summed E-state index contributed by atoms with van der Waals surface area (Å²) in [7, 11) is 0. The molecule has 2 atom stereocenters. The van der Waals surface area contributed by atoms with Crippen molar-refractivity contribution in [2.45, 2.75) is 25.7 Å². The van der Waals surface area contributed by atoms with Crippen molar-refractivity contribution in [3.63, 3.8) is 0 Å². The Morgan fingerprint density at radius 2 is 1.09 bits per heavy atom. The van der Waals surface area contributed by atoms with Crippen LogP contribution < -0.4 is 0 Å². The van der Waals surface area contributed by atoms with Crippen molar-refractivity contribution in [1.82, 2.24) is 0 Å². The summed E-state index contributed by atoms with van der Waals surface area (Å²) >= 11 is 7.71. The van der Waals surface area contributed by atoms with Gasteiger partial charge in [0.2, 0.25) is 0 Å². The van der Waals surface area contributed by atoms with Crippen molar-refractivity contribution in [3.05, 3.63) is 79.7 Å². The van der Waals surface area contributed by atoms with Crippen LogP contribution >= 0.6 is 31.9 Å². The van der Waals surface area contributed by atoms with Gasteiger partial charge in [-0.1, -0.05) is 94.2 Å². The molecule has 0 spiro atoms. The van der Waals surface area contributed by atoms with Crippen LogP contribution in [0.3, 0.4) is 0 Å². The minimum absolute atomic E-state index is 0.0594. The van der Waals surface area contributed by atoms with Gasteiger partial charge >= 0.3 is 0 Å². The molecule has 2 aromatic rings. The summed E-state index contributed by atoms with van der Waals surface area (Å²) in [6, 6.07) is 17.5. The van der Waals surface area contributed by atoms with Gasteiger partial charge < -0.3 is 0 Å². The van der Waals surface area contributed by atoms with Gasteiger partial charge in [-0.2, -0.15) is 0 Å². The summed E-state index contributed by atoms with van der Waals surface area (Å²) in [6.45, 7) is 4.77. The quantitative estimate of drug-likeness (QED) is 0.478. The van der Waals surface area contributed by atoms with E-state index in [1.54, 1.807) is 0 Å². The van der Waals surface area contributed by atoms with E-state index in [-0.39, 0.29) is 5.41 Å². The number of fused-ring (bicyclic) bond motifs is 2. The van der Waals surface area contributed by atoms with Crippen LogP contribution in [0.2, 0.25) is 0 Å². The Hall–Kier alpha value is -1.12. The highest BCUT2D eigenvalue weighted by Gasteiger charge is 2.45. The molecule has 0 amide bonds. The van der Waals surface area contributed by atoms with Gasteiger partial charge in [-0.05, 0) is 39.8 Å². The predicted octanol–water partition coefficient (Wildman–Crippen LogP) is 7.08. The fraction of sp³-hybridized carbons (Fsp3) is 0.238. The highest BCUT2D eigenvalue weighted by atomic mass is 79.9. The Bertz CT molecular complexity index is 773. The first-order valence-electron chi connectivity index (χ1n) is 7.92. The van der Waals surface area contributed by atoms with Gasteiger partial charge in [0.15, 0.2) is 0 Å². The number of rotatable bonds is 2. The van der Waals surface area contributed by atoms with Crippen LogP contribution in [-0.4, -0.2) is 0 Å². The molecule has 0 bridgehead atoms. The van der Waals surface area contributed by atoms with Gasteiger partial charge in [0.25, 0.3) is 0 Å². The minimum atomic E-state index is 0.0594. The molecule has 2 heteroatoms. The highest BCUT2D eigenvalue weighted by molar-refractivity contribution is 9.12. The third-order valence-corrected chi connectivity index (χ3v) is 6.61. The topological polar surface area (TPSA) is 0 Å². The first kappa shape index (κ1) is 15.4. The fourth-order valence-electron chi connectivity index (χ4n) is 4.25. The zero-order valence-electron chi connectivity index (χ0n) is 13.2. The van der Waals surface area contributed by atoms with Crippen molar-refractivity contribution in [1.29, 1.82) is 0 Å². The molecule has 0 saturated carbocycles. The van der Waals surface area contributed by atoms with Crippen LogP contribution in [0, 0.1) is 5.41 Å². The maximum Gasteiger partial charge on any atom is 0.0222 e. The van der Waals surface area contributed by atoms with Crippen molar-refractivity contribution in [2.24, 2.45) is 5.41 Å². The summed E-state index contributed by atoms with van der Waals surface area (Å²) < 4.78 is 2.57. The van der Waals surface area contributed by atoms with E-state index >= 15 is 0 Å². The molecule has 0 aromatic heterocycles. The summed E-state index contributed by atoms with van der Waals surface area (Å²) in [6.07, 6.45) is 4.56. The maximum atomic E-state index is 3.85. The van der Waals surface area contributed by atoms with E-state index in [4.69, 9.17) is 0 Å². The Morgan fingerprint density at radius 1 is 0.696 bits per heavy atom. The molecule has 2 unspecified atom stereocenters. The smallest absolute Gasteiger partial charge is 0.0222 e. The van der Waals surface area contributed by atoms with E-state index in [1.807, 2.05) is 0 Å². The normalized spacial score (nSPS) is 22.4. The maximum absolute atomic E-state index is 3.85. The van der Waals surface area contributed by atoms with Gasteiger partial charge in [0, 0.05) is 20.8 Å². The first-order chi connectivity index (χ1) is 11.0. The second kappa shape index (κ2) is 5.46. The lowest BCUT2D eigenvalue weighted by Crippen LogP contribution is -2.29. The molecule has 0 radical (unpaired) electrons. The average Bonchev–Trinajstić information content (AvgIpc) is 3.02. The second-order valence-electron chi connectivity index (χ2n) is 7.00. The molecule has 23 heavy (non-hydrogen) atoms. The van der Waals surface area contributed by atoms with Crippen LogP contribution in [0.25, 0.3) is 12.2 Å². The third-order valence-electron chi connectivity index (χ3n) is 5.24. The van der Waals surface area contributed by atoms with E-state index in [9.17, 15) is 0 Å². The van der Waals surface area contributed by atoms with Gasteiger partial charge in [-0.3, -0.25) is 0 Å². The van der Waals surface area contributed by atoms with Gasteiger partial charge in [0.1, 0.15) is 0 Å². The molecular weight excluding hydrogens is 412 g/mol. The summed E-state index contributed by atoms with van der Waals surface area (Å²) in [5.74, 6) is 0.742. The monoisotopic (exact) mass is 428 g/mol. The summed E-state index contributed by atoms with van der Waals surface area (Å²) in [5.41, 5.74) is 5.58. The molecule has 2 aromatic carbocycles. The number of hydrogen-bond acceptors (Lipinski definition) is 0. The average molecular weight is 430 g/mol. The standard InChI is InChI=1S/C21H18Br2/c1-21(2,19-15-9-5-3-7-13(15)11-17(19)22)20-16-10-6-4-8-14(16)12-18(20)23/h3-12,19-20H,1-2H3. The van der Waals surface area contributed by atoms with E-state index in [0.717, 1.165) is 0 Å². The largest absolute Gasteiger partial charge is 0.0619 e. The third kappa shape index (κ3) is 2.30. The molecule has 116 valence electrons. The fourth-order valence-corrected chi connectivity index (χ4v) is 6.42. The van der Waals surface area contributed by atoms with Gasteiger partial charge in [0.05, 0.1) is 0 Å². The molecule has 0 N–H and O–H groups in total. The number of halogens is 2. The van der Waals surface area contributed by atoms with Crippen LogP contribution in [0.5, 0.6) is 0 Å². The van der Waals surface area contributed by atoms with Gasteiger partial charge in [-0.25, -0.2) is 0 Å². The Kier molecular flexibility index (Phi) is 3.66. The van der Waals surface area contributed by atoms with E-state index in [1.165, 1.54) is 31.2 Å². The lowest BCUT2D eigenvalue weighted by molar-refractivity contribution is 0.288. The molecule has 0 saturated heterocycles. The van der Waals surface area contributed by atoms with Crippen molar-refractivity contribution in [3.8, 4) is 0 Å². The molecule has 2 aliphatic rings. The van der Waals surface area contributed by atoms with Crippen molar-refractivity contribution in [2.75, 3.05) is 0 Å². The summed E-state index contributed by atoms with van der Waals surface area (Å²) in [5, 5.41) is 0. The lowest BCUT2D eigenvalue weighted by Gasteiger charge is -2.39. The molecule has 0 heterocycles.